The van der Waals surface area contributed by atoms with Crippen LogP contribution in [-0.2, 0) is 9.47 Å². The summed E-state index contributed by atoms with van der Waals surface area (Å²) in [6.07, 6.45) is 2.99. The van der Waals surface area contributed by atoms with Crippen molar-refractivity contribution in [3.05, 3.63) is 18.2 Å². The number of hydrogen-bond acceptors (Lipinski definition) is 4. The number of aromatic amines is 1. The first-order valence-corrected chi connectivity index (χ1v) is 12.9. The Labute approximate surface area is 157 Å². The van der Waals surface area contributed by atoms with Crippen molar-refractivity contribution in [2.45, 2.75) is 58.1 Å². The number of imidazole rings is 1. The molecule has 0 fully saturated rings. The van der Waals surface area contributed by atoms with Gasteiger partial charge < -0.3 is 14.5 Å². The molecule has 144 valence electrons. The van der Waals surface area contributed by atoms with E-state index < -0.39 is 19.8 Å². The van der Waals surface area contributed by atoms with E-state index in [4.69, 9.17) is 21.1 Å². The first-order valence-electron chi connectivity index (χ1n) is 8.66. The maximum Gasteiger partial charge on any atom is 0.411 e. The topological polar surface area (TPSA) is 67.4 Å². The molecule has 0 bridgehead atoms. The zero-order valence-electron chi connectivity index (χ0n) is 16.3. The third-order valence-corrected chi connectivity index (χ3v) is 5.31. The minimum absolute atomic E-state index is 0.311. The van der Waals surface area contributed by atoms with Gasteiger partial charge >= 0.3 is 6.09 Å². The van der Waals surface area contributed by atoms with Crippen LogP contribution >= 0.6 is 11.6 Å². The largest absolute Gasteiger partial charge is 0.444 e. The molecule has 0 spiro atoms. The van der Waals surface area contributed by atoms with E-state index in [1.807, 2.05) is 20.8 Å². The van der Waals surface area contributed by atoms with Crippen LogP contribution in [0.2, 0.25) is 25.7 Å². The van der Waals surface area contributed by atoms with Crippen LogP contribution < -0.4 is 0 Å². The highest BCUT2D eigenvalue weighted by atomic mass is 35.5. The number of ether oxygens (including phenoxy) is 2. The quantitative estimate of drug-likeness (QED) is 0.388. The Morgan fingerprint density at radius 2 is 2.08 bits per heavy atom. The van der Waals surface area contributed by atoms with Crippen molar-refractivity contribution < 1.29 is 14.3 Å². The van der Waals surface area contributed by atoms with Crippen LogP contribution in [0.4, 0.5) is 4.79 Å². The van der Waals surface area contributed by atoms with Crippen molar-refractivity contribution in [1.29, 1.82) is 0 Å². The van der Waals surface area contributed by atoms with Crippen LogP contribution in [0.15, 0.2) is 12.4 Å². The number of hydrogen-bond donors (Lipinski definition) is 1. The van der Waals surface area contributed by atoms with Gasteiger partial charge in [0.15, 0.2) is 0 Å². The van der Waals surface area contributed by atoms with Gasteiger partial charge in [-0.2, -0.15) is 0 Å². The fourth-order valence-electron chi connectivity index (χ4n) is 2.14. The SMILES string of the molecule is CC(C)(C)OC(=O)N(CCCl)C(COCC[Si](C)(C)C)c1ncc[nH]1. The summed E-state index contributed by atoms with van der Waals surface area (Å²) < 4.78 is 11.4. The summed E-state index contributed by atoms with van der Waals surface area (Å²) in [7, 11) is -1.17. The molecule has 6 nitrogen and oxygen atoms in total. The van der Waals surface area contributed by atoms with E-state index in [1.165, 1.54) is 0 Å². The zero-order chi connectivity index (χ0) is 19.1. The molecule has 1 aromatic rings. The number of carbonyl (C=O) groups excluding carboxylic acids is 1. The van der Waals surface area contributed by atoms with Gasteiger partial charge in [-0.05, 0) is 26.8 Å². The molecule has 0 saturated carbocycles. The standard InChI is InChI=1S/C17H32ClN3O3Si/c1-17(2,3)24-16(22)21(10-7-18)14(15-19-8-9-20-15)13-23-11-12-25(4,5)6/h8-9,14H,7,10-13H2,1-6H3,(H,19,20). The second-order valence-corrected chi connectivity index (χ2v) is 14.2. The van der Waals surface area contributed by atoms with E-state index in [2.05, 4.69) is 29.6 Å². The minimum Gasteiger partial charge on any atom is -0.444 e. The van der Waals surface area contributed by atoms with E-state index in [0.29, 0.717) is 31.5 Å². The minimum atomic E-state index is -1.17. The Morgan fingerprint density at radius 3 is 2.56 bits per heavy atom. The first kappa shape index (κ1) is 22.0. The number of H-pyrrole nitrogens is 1. The van der Waals surface area contributed by atoms with E-state index in [9.17, 15) is 4.79 Å². The van der Waals surface area contributed by atoms with Gasteiger partial charge in [0.05, 0.1) is 6.61 Å². The van der Waals surface area contributed by atoms with Gasteiger partial charge in [-0.3, -0.25) is 4.90 Å². The third-order valence-electron chi connectivity index (χ3n) is 3.44. The van der Waals surface area contributed by atoms with Crippen LogP contribution in [0.3, 0.4) is 0 Å². The Hall–Kier alpha value is -1.05. The molecule has 1 amide bonds. The predicted octanol–water partition coefficient (Wildman–Crippen LogP) is 4.28. The van der Waals surface area contributed by atoms with Crippen molar-refractivity contribution in [3.8, 4) is 0 Å². The molecule has 1 N–H and O–H groups in total. The molecule has 0 saturated heterocycles. The number of nitrogens with one attached hydrogen (secondary N) is 1. The lowest BCUT2D eigenvalue weighted by Crippen LogP contribution is -2.42. The normalized spacial score (nSPS) is 13.6. The second-order valence-electron chi connectivity index (χ2n) is 8.24. The van der Waals surface area contributed by atoms with Gasteiger partial charge in [-0.1, -0.05) is 19.6 Å². The molecule has 8 heteroatoms. The molecular formula is C17H32ClN3O3Si. The Bertz CT molecular complexity index is 512. The smallest absolute Gasteiger partial charge is 0.411 e. The molecule has 0 aromatic carbocycles. The maximum atomic E-state index is 12.6. The monoisotopic (exact) mass is 389 g/mol. The summed E-state index contributed by atoms with van der Waals surface area (Å²) in [6.45, 7) is 13.8. The van der Waals surface area contributed by atoms with E-state index in [-0.39, 0.29) is 6.04 Å². The van der Waals surface area contributed by atoms with Gasteiger partial charge in [0.1, 0.15) is 17.5 Å². The molecule has 0 aliphatic carbocycles. The highest BCUT2D eigenvalue weighted by Gasteiger charge is 2.31. The lowest BCUT2D eigenvalue weighted by Gasteiger charge is -2.32. The number of carbonyl (C=O) groups is 1. The number of nitrogens with zero attached hydrogens (tertiary/aromatic N) is 2. The summed E-state index contributed by atoms with van der Waals surface area (Å²) >= 11 is 5.92. The third kappa shape index (κ3) is 8.74. The van der Waals surface area contributed by atoms with Crippen molar-refractivity contribution in [2.24, 2.45) is 0 Å². The molecule has 1 atom stereocenters. The van der Waals surface area contributed by atoms with E-state index in [0.717, 1.165) is 6.04 Å². The van der Waals surface area contributed by atoms with Gasteiger partial charge in [0.2, 0.25) is 0 Å². The van der Waals surface area contributed by atoms with Crippen LogP contribution in [-0.4, -0.2) is 60.3 Å². The summed E-state index contributed by atoms with van der Waals surface area (Å²) in [4.78, 5) is 21.6. The Kier molecular flexibility index (Phi) is 8.44. The number of amides is 1. The number of aromatic nitrogens is 2. The van der Waals surface area contributed by atoms with Crippen LogP contribution in [0, 0.1) is 0 Å². The second kappa shape index (κ2) is 9.59. The average Bonchev–Trinajstić information content (AvgIpc) is 2.96. The van der Waals surface area contributed by atoms with Crippen LogP contribution in [0.1, 0.15) is 32.6 Å². The maximum absolute atomic E-state index is 12.6. The molecule has 0 aliphatic heterocycles. The summed E-state index contributed by atoms with van der Waals surface area (Å²) in [5.74, 6) is 0.981. The number of halogens is 1. The summed E-state index contributed by atoms with van der Waals surface area (Å²) in [6, 6.07) is 0.713. The van der Waals surface area contributed by atoms with Gasteiger partial charge in [-0.25, -0.2) is 9.78 Å². The van der Waals surface area contributed by atoms with Crippen LogP contribution in [0.5, 0.6) is 0 Å². The van der Waals surface area contributed by atoms with Gasteiger partial charge in [0, 0.05) is 39.5 Å². The van der Waals surface area contributed by atoms with E-state index in [1.54, 1.807) is 17.3 Å². The fraction of sp³-hybridized carbons (Fsp3) is 0.765. The summed E-state index contributed by atoms with van der Waals surface area (Å²) in [5.41, 5.74) is -0.575. The lowest BCUT2D eigenvalue weighted by molar-refractivity contribution is 0.00184. The van der Waals surface area contributed by atoms with Crippen molar-refractivity contribution in [1.82, 2.24) is 14.9 Å². The van der Waals surface area contributed by atoms with Gasteiger partial charge in [-0.15, -0.1) is 11.6 Å². The summed E-state index contributed by atoms with van der Waals surface area (Å²) in [5, 5.41) is 0. The van der Waals surface area contributed by atoms with Crippen molar-refractivity contribution >= 4 is 25.8 Å². The molecule has 25 heavy (non-hydrogen) atoms. The Morgan fingerprint density at radius 1 is 1.40 bits per heavy atom. The first-order chi connectivity index (χ1) is 11.5. The zero-order valence-corrected chi connectivity index (χ0v) is 18.0. The molecule has 0 radical (unpaired) electrons. The van der Waals surface area contributed by atoms with Crippen molar-refractivity contribution in [2.75, 3.05) is 25.6 Å². The van der Waals surface area contributed by atoms with Crippen LogP contribution in [0.25, 0.3) is 0 Å². The molecular weight excluding hydrogens is 358 g/mol. The highest BCUT2D eigenvalue weighted by molar-refractivity contribution is 6.76. The predicted molar refractivity (Wildman–Crippen MR) is 104 cm³/mol. The molecule has 0 aliphatic rings. The molecule has 1 aromatic heterocycles. The number of rotatable bonds is 9. The lowest BCUT2D eigenvalue weighted by atomic mass is 10.2. The van der Waals surface area contributed by atoms with Gasteiger partial charge in [0.25, 0.3) is 0 Å². The van der Waals surface area contributed by atoms with E-state index >= 15 is 0 Å². The number of alkyl halides is 1. The molecule has 1 unspecified atom stereocenters. The highest BCUT2D eigenvalue weighted by Crippen LogP contribution is 2.22. The average molecular weight is 390 g/mol. The Balaban J connectivity index is 2.85. The fourth-order valence-corrected chi connectivity index (χ4v) is 3.07. The molecule has 1 rings (SSSR count). The van der Waals surface area contributed by atoms with Crippen molar-refractivity contribution in [3.63, 3.8) is 0 Å². The molecule has 1 heterocycles.